The zero-order valence-corrected chi connectivity index (χ0v) is 17.5. The second kappa shape index (κ2) is 9.49. The summed E-state index contributed by atoms with van der Waals surface area (Å²) in [4.78, 5) is 15.1. The lowest BCUT2D eigenvalue weighted by Crippen LogP contribution is -2.56. The molecule has 0 saturated carbocycles. The number of rotatable bonds is 6. The topological polar surface area (TPSA) is 41.6 Å². The van der Waals surface area contributed by atoms with Gasteiger partial charge in [-0.25, -0.2) is 0 Å². The minimum atomic E-state index is -0.0191. The Kier molecular flexibility index (Phi) is 7.32. The van der Waals surface area contributed by atoms with Gasteiger partial charge in [0.05, 0.1) is 17.8 Å². The molecule has 2 aliphatic rings. The third-order valence-corrected chi connectivity index (χ3v) is 8.45. The highest BCUT2D eigenvalue weighted by Gasteiger charge is 2.31. The number of thioether (sulfide) groups is 2. The van der Waals surface area contributed by atoms with Crippen molar-refractivity contribution in [3.8, 4) is 0 Å². The fourth-order valence-corrected chi connectivity index (χ4v) is 6.30. The van der Waals surface area contributed by atoms with E-state index in [-0.39, 0.29) is 11.4 Å². The maximum atomic E-state index is 12.6. The molecule has 6 heteroatoms. The lowest BCUT2D eigenvalue weighted by atomic mass is 9.95. The molecule has 1 amide bonds. The van der Waals surface area contributed by atoms with Gasteiger partial charge in [0, 0.05) is 30.7 Å². The molecule has 0 radical (unpaired) electrons. The van der Waals surface area contributed by atoms with Crippen LogP contribution < -0.4 is 5.32 Å². The SMILES string of the molecule is CCC(C)(CNC(=O)c1ccc(C2SCCCS2)cc1)N1CCOCC1. The molecule has 3 rings (SSSR count). The van der Waals surface area contributed by atoms with E-state index in [4.69, 9.17) is 4.74 Å². The molecule has 0 aliphatic carbocycles. The Morgan fingerprint density at radius 3 is 2.50 bits per heavy atom. The molecule has 1 unspecified atom stereocenters. The Balaban J connectivity index is 1.56. The third kappa shape index (κ3) is 4.97. The van der Waals surface area contributed by atoms with Crippen LogP contribution in [-0.4, -0.2) is 60.7 Å². The van der Waals surface area contributed by atoms with Crippen molar-refractivity contribution in [2.45, 2.75) is 36.8 Å². The van der Waals surface area contributed by atoms with E-state index in [0.29, 0.717) is 11.1 Å². The number of morpholine rings is 1. The van der Waals surface area contributed by atoms with Gasteiger partial charge in [0.25, 0.3) is 5.91 Å². The van der Waals surface area contributed by atoms with E-state index in [9.17, 15) is 4.79 Å². The summed E-state index contributed by atoms with van der Waals surface area (Å²) >= 11 is 4.02. The Morgan fingerprint density at radius 2 is 1.88 bits per heavy atom. The standard InChI is InChI=1S/C20H30N2O2S2/c1-3-20(2,22-9-11-24-12-10-22)15-21-18(23)16-5-7-17(8-6-16)19-25-13-4-14-26-19/h5-8,19H,3-4,9-15H2,1-2H3,(H,21,23). The Bertz CT molecular complexity index is 584. The maximum Gasteiger partial charge on any atom is 0.251 e. The molecule has 1 atom stereocenters. The van der Waals surface area contributed by atoms with Gasteiger partial charge < -0.3 is 10.1 Å². The summed E-state index contributed by atoms with van der Waals surface area (Å²) in [6.45, 7) is 8.52. The van der Waals surface area contributed by atoms with Gasteiger partial charge in [0.2, 0.25) is 0 Å². The molecule has 2 fully saturated rings. The van der Waals surface area contributed by atoms with E-state index in [1.807, 2.05) is 35.7 Å². The summed E-state index contributed by atoms with van der Waals surface area (Å²) in [6, 6.07) is 8.18. The zero-order valence-electron chi connectivity index (χ0n) is 15.8. The number of carbonyl (C=O) groups is 1. The molecule has 0 bridgehead atoms. The highest BCUT2D eigenvalue weighted by Crippen LogP contribution is 2.43. The first-order chi connectivity index (χ1) is 12.6. The van der Waals surface area contributed by atoms with Gasteiger partial charge in [0.1, 0.15) is 0 Å². The molecule has 1 aromatic carbocycles. The minimum Gasteiger partial charge on any atom is -0.379 e. The zero-order chi connectivity index (χ0) is 18.4. The lowest BCUT2D eigenvalue weighted by molar-refractivity contribution is -0.0169. The van der Waals surface area contributed by atoms with E-state index in [2.05, 4.69) is 36.2 Å². The average molecular weight is 395 g/mol. The Labute approximate surface area is 165 Å². The fourth-order valence-electron chi connectivity index (χ4n) is 3.41. The van der Waals surface area contributed by atoms with Gasteiger partial charge in [-0.2, -0.15) is 0 Å². The fraction of sp³-hybridized carbons (Fsp3) is 0.650. The summed E-state index contributed by atoms with van der Waals surface area (Å²) < 4.78 is 5.98. The van der Waals surface area contributed by atoms with Crippen molar-refractivity contribution in [2.24, 2.45) is 0 Å². The number of carbonyl (C=O) groups excluding carboxylic acids is 1. The first-order valence-corrected chi connectivity index (χ1v) is 11.7. The van der Waals surface area contributed by atoms with Crippen LogP contribution in [0.4, 0.5) is 0 Å². The number of hydrogen-bond donors (Lipinski definition) is 1. The average Bonchev–Trinajstić information content (AvgIpc) is 2.73. The molecule has 2 aliphatic heterocycles. The van der Waals surface area contributed by atoms with E-state index >= 15 is 0 Å². The number of hydrogen-bond acceptors (Lipinski definition) is 5. The molecule has 2 saturated heterocycles. The van der Waals surface area contributed by atoms with Gasteiger partial charge >= 0.3 is 0 Å². The normalized spacial score (nSPS) is 21.9. The molecule has 0 spiro atoms. The van der Waals surface area contributed by atoms with Crippen LogP contribution in [0, 0.1) is 0 Å². The van der Waals surface area contributed by atoms with Crippen LogP contribution in [-0.2, 0) is 4.74 Å². The van der Waals surface area contributed by atoms with Crippen LogP contribution in [0.15, 0.2) is 24.3 Å². The van der Waals surface area contributed by atoms with Crippen LogP contribution in [0.25, 0.3) is 0 Å². The first-order valence-electron chi connectivity index (χ1n) is 9.56. The molecule has 0 aromatic heterocycles. The van der Waals surface area contributed by atoms with E-state index in [1.165, 1.54) is 23.5 Å². The lowest BCUT2D eigenvalue weighted by Gasteiger charge is -2.43. The van der Waals surface area contributed by atoms with Crippen molar-refractivity contribution < 1.29 is 9.53 Å². The number of nitrogens with zero attached hydrogens (tertiary/aromatic N) is 1. The van der Waals surface area contributed by atoms with Crippen molar-refractivity contribution in [1.82, 2.24) is 10.2 Å². The maximum absolute atomic E-state index is 12.6. The summed E-state index contributed by atoms with van der Waals surface area (Å²) in [5.41, 5.74) is 2.05. The number of benzene rings is 1. The van der Waals surface area contributed by atoms with Crippen LogP contribution in [0.3, 0.4) is 0 Å². The molecule has 144 valence electrons. The predicted molar refractivity (Wildman–Crippen MR) is 112 cm³/mol. The van der Waals surface area contributed by atoms with Gasteiger partial charge in [-0.15, -0.1) is 23.5 Å². The van der Waals surface area contributed by atoms with Gasteiger partial charge in [-0.1, -0.05) is 19.1 Å². The van der Waals surface area contributed by atoms with Crippen molar-refractivity contribution in [3.05, 3.63) is 35.4 Å². The molecule has 1 aromatic rings. The molecule has 1 N–H and O–H groups in total. The molecule has 4 nitrogen and oxygen atoms in total. The molecular formula is C20H30N2O2S2. The second-order valence-corrected chi connectivity index (χ2v) is 9.91. The summed E-state index contributed by atoms with van der Waals surface area (Å²) in [5.74, 6) is 2.49. The molecule has 26 heavy (non-hydrogen) atoms. The Hall–Kier alpha value is -0.690. The number of nitrogens with one attached hydrogen (secondary N) is 1. The van der Waals surface area contributed by atoms with Crippen LogP contribution >= 0.6 is 23.5 Å². The Morgan fingerprint density at radius 1 is 1.23 bits per heavy atom. The molecular weight excluding hydrogens is 364 g/mol. The summed E-state index contributed by atoms with van der Waals surface area (Å²) in [6.07, 6.45) is 2.30. The highest BCUT2D eigenvalue weighted by molar-refractivity contribution is 8.16. The van der Waals surface area contributed by atoms with E-state index in [0.717, 1.165) is 38.3 Å². The summed E-state index contributed by atoms with van der Waals surface area (Å²) in [7, 11) is 0. The monoisotopic (exact) mass is 394 g/mol. The van der Waals surface area contributed by atoms with E-state index in [1.54, 1.807) is 0 Å². The van der Waals surface area contributed by atoms with Crippen molar-refractivity contribution >= 4 is 29.4 Å². The summed E-state index contributed by atoms with van der Waals surface area (Å²) in [5, 5.41) is 3.15. The van der Waals surface area contributed by atoms with Gasteiger partial charge in [-0.05, 0) is 49.0 Å². The van der Waals surface area contributed by atoms with Crippen LogP contribution in [0.2, 0.25) is 0 Å². The quantitative estimate of drug-likeness (QED) is 0.795. The predicted octanol–water partition coefficient (Wildman–Crippen LogP) is 3.79. The van der Waals surface area contributed by atoms with Crippen molar-refractivity contribution in [1.29, 1.82) is 0 Å². The largest absolute Gasteiger partial charge is 0.379 e. The molecule has 2 heterocycles. The van der Waals surface area contributed by atoms with Crippen LogP contribution in [0.1, 0.15) is 47.2 Å². The van der Waals surface area contributed by atoms with Gasteiger partial charge in [-0.3, -0.25) is 9.69 Å². The van der Waals surface area contributed by atoms with Crippen LogP contribution in [0.5, 0.6) is 0 Å². The highest BCUT2D eigenvalue weighted by atomic mass is 32.2. The third-order valence-electron chi connectivity index (χ3n) is 5.44. The number of ether oxygens (including phenoxy) is 1. The first kappa shape index (κ1) is 20.1. The van der Waals surface area contributed by atoms with Crippen molar-refractivity contribution in [2.75, 3.05) is 44.4 Å². The number of amides is 1. The smallest absolute Gasteiger partial charge is 0.251 e. The van der Waals surface area contributed by atoms with Gasteiger partial charge in [0.15, 0.2) is 0 Å². The minimum absolute atomic E-state index is 0.0191. The van der Waals surface area contributed by atoms with Crippen molar-refractivity contribution in [3.63, 3.8) is 0 Å². The van der Waals surface area contributed by atoms with E-state index < -0.39 is 0 Å². The second-order valence-electron chi connectivity index (χ2n) is 7.18.